The Bertz CT molecular complexity index is 733. The van der Waals surface area contributed by atoms with E-state index in [4.69, 9.17) is 5.73 Å². The van der Waals surface area contributed by atoms with E-state index in [1.54, 1.807) is 0 Å². The minimum Gasteiger partial charge on any atom is -0.326 e. The highest BCUT2D eigenvalue weighted by Crippen LogP contribution is 2.19. The van der Waals surface area contributed by atoms with Crippen LogP contribution < -0.4 is 10.5 Å². The molecule has 106 valence electrons. The standard InChI is InChI=1S/C13H12F2N2O2S/c14-10-2-1-3-11(7-10)17-20(18,19)12-4-5-13(15)9(6-12)8-16/h1-7,17H,8,16H2. The third-order valence-electron chi connectivity index (χ3n) is 2.62. The molecule has 0 heterocycles. The van der Waals surface area contributed by atoms with Gasteiger partial charge in [0.2, 0.25) is 0 Å². The highest BCUT2D eigenvalue weighted by atomic mass is 32.2. The zero-order valence-corrected chi connectivity index (χ0v) is 11.1. The minimum atomic E-state index is -3.92. The maximum Gasteiger partial charge on any atom is 0.261 e. The molecule has 4 nitrogen and oxygen atoms in total. The third-order valence-corrected chi connectivity index (χ3v) is 4.00. The van der Waals surface area contributed by atoms with E-state index in [2.05, 4.69) is 4.72 Å². The number of sulfonamides is 1. The topological polar surface area (TPSA) is 72.2 Å². The van der Waals surface area contributed by atoms with Gasteiger partial charge in [0, 0.05) is 12.1 Å². The first-order valence-electron chi connectivity index (χ1n) is 5.69. The van der Waals surface area contributed by atoms with E-state index in [0.29, 0.717) is 0 Å². The van der Waals surface area contributed by atoms with E-state index < -0.39 is 21.7 Å². The summed E-state index contributed by atoms with van der Waals surface area (Å²) in [6.45, 7) is -0.116. The van der Waals surface area contributed by atoms with Crippen LogP contribution in [0.5, 0.6) is 0 Å². The molecule has 0 atom stereocenters. The molecule has 0 aliphatic heterocycles. The number of rotatable bonds is 4. The summed E-state index contributed by atoms with van der Waals surface area (Å²) < 4.78 is 52.7. The van der Waals surface area contributed by atoms with Crippen molar-refractivity contribution in [1.82, 2.24) is 0 Å². The predicted molar refractivity (Wildman–Crippen MR) is 71.5 cm³/mol. The van der Waals surface area contributed by atoms with Gasteiger partial charge in [-0.05, 0) is 36.4 Å². The fourth-order valence-corrected chi connectivity index (χ4v) is 2.74. The summed E-state index contributed by atoms with van der Waals surface area (Å²) in [5, 5.41) is 0. The van der Waals surface area contributed by atoms with E-state index in [9.17, 15) is 17.2 Å². The number of hydrogen-bond donors (Lipinski definition) is 2. The first-order valence-corrected chi connectivity index (χ1v) is 7.17. The zero-order valence-electron chi connectivity index (χ0n) is 10.3. The van der Waals surface area contributed by atoms with E-state index in [1.165, 1.54) is 18.2 Å². The molecule has 2 aromatic rings. The minimum absolute atomic E-state index is 0.0867. The fourth-order valence-electron chi connectivity index (χ4n) is 1.64. The predicted octanol–water partition coefficient (Wildman–Crippen LogP) is 2.22. The van der Waals surface area contributed by atoms with Gasteiger partial charge in [-0.15, -0.1) is 0 Å². The van der Waals surface area contributed by atoms with Crippen molar-refractivity contribution >= 4 is 15.7 Å². The Morgan fingerprint density at radius 1 is 1.10 bits per heavy atom. The molecule has 0 spiro atoms. The molecule has 2 aromatic carbocycles. The molecule has 0 fully saturated rings. The highest BCUT2D eigenvalue weighted by Gasteiger charge is 2.16. The first kappa shape index (κ1) is 14.4. The molecule has 0 saturated carbocycles. The van der Waals surface area contributed by atoms with Gasteiger partial charge in [-0.2, -0.15) is 0 Å². The number of nitrogens with one attached hydrogen (secondary N) is 1. The number of nitrogens with two attached hydrogens (primary N) is 1. The quantitative estimate of drug-likeness (QED) is 0.909. The van der Waals surface area contributed by atoms with Gasteiger partial charge < -0.3 is 5.73 Å². The molecule has 0 saturated heterocycles. The molecule has 7 heteroatoms. The van der Waals surface area contributed by atoms with Crippen molar-refractivity contribution < 1.29 is 17.2 Å². The van der Waals surface area contributed by atoms with Crippen LogP contribution in [0.1, 0.15) is 5.56 Å². The van der Waals surface area contributed by atoms with Crippen molar-refractivity contribution in [2.75, 3.05) is 4.72 Å². The Hall–Kier alpha value is -1.99. The molecule has 0 aromatic heterocycles. The summed E-state index contributed by atoms with van der Waals surface area (Å²) in [6.07, 6.45) is 0. The lowest BCUT2D eigenvalue weighted by Gasteiger charge is -2.09. The van der Waals surface area contributed by atoms with Gasteiger partial charge in [0.15, 0.2) is 0 Å². The van der Waals surface area contributed by atoms with Crippen molar-refractivity contribution in [2.24, 2.45) is 5.73 Å². The van der Waals surface area contributed by atoms with Gasteiger partial charge in [0.05, 0.1) is 10.6 Å². The van der Waals surface area contributed by atoms with Crippen LogP contribution in [0.15, 0.2) is 47.4 Å². The summed E-state index contributed by atoms with van der Waals surface area (Å²) in [6, 6.07) is 8.33. The van der Waals surface area contributed by atoms with Gasteiger partial charge in [-0.1, -0.05) is 6.07 Å². The molecule has 0 unspecified atom stereocenters. The number of anilines is 1. The first-order chi connectivity index (χ1) is 9.42. The van der Waals surface area contributed by atoms with E-state index in [-0.39, 0.29) is 22.7 Å². The summed E-state index contributed by atoms with van der Waals surface area (Å²) in [7, 11) is -3.92. The SMILES string of the molecule is NCc1cc(S(=O)(=O)Nc2cccc(F)c2)ccc1F. The molecule has 3 N–H and O–H groups in total. The van der Waals surface area contributed by atoms with Crippen molar-refractivity contribution in [3.05, 3.63) is 59.7 Å². The van der Waals surface area contributed by atoms with Crippen molar-refractivity contribution in [2.45, 2.75) is 11.4 Å². The van der Waals surface area contributed by atoms with E-state index in [0.717, 1.165) is 24.3 Å². The summed E-state index contributed by atoms with van der Waals surface area (Å²) in [5.74, 6) is -1.14. The van der Waals surface area contributed by atoms with Crippen molar-refractivity contribution in [1.29, 1.82) is 0 Å². The van der Waals surface area contributed by atoms with Crippen LogP contribution in [0.4, 0.5) is 14.5 Å². The smallest absolute Gasteiger partial charge is 0.261 e. The fraction of sp³-hybridized carbons (Fsp3) is 0.0769. The molecule has 0 aliphatic rings. The van der Waals surface area contributed by atoms with Crippen LogP contribution >= 0.6 is 0 Å². The highest BCUT2D eigenvalue weighted by molar-refractivity contribution is 7.92. The average molecular weight is 298 g/mol. The Morgan fingerprint density at radius 3 is 2.50 bits per heavy atom. The van der Waals surface area contributed by atoms with Crippen LogP contribution in [-0.2, 0) is 16.6 Å². The van der Waals surface area contributed by atoms with Gasteiger partial charge in [0.1, 0.15) is 11.6 Å². The van der Waals surface area contributed by atoms with Crippen molar-refractivity contribution in [3.8, 4) is 0 Å². The van der Waals surface area contributed by atoms with Crippen LogP contribution in [0.2, 0.25) is 0 Å². The van der Waals surface area contributed by atoms with Crippen LogP contribution in [0.25, 0.3) is 0 Å². The second-order valence-corrected chi connectivity index (χ2v) is 5.76. The second kappa shape index (κ2) is 5.56. The lowest BCUT2D eigenvalue weighted by molar-refractivity contribution is 0.596. The monoisotopic (exact) mass is 298 g/mol. The summed E-state index contributed by atoms with van der Waals surface area (Å²) in [4.78, 5) is -0.136. The Kier molecular flexibility index (Phi) is 4.01. The molecule has 20 heavy (non-hydrogen) atoms. The average Bonchev–Trinajstić information content (AvgIpc) is 2.38. The summed E-state index contributed by atoms with van der Waals surface area (Å²) >= 11 is 0. The Morgan fingerprint density at radius 2 is 1.85 bits per heavy atom. The molecule has 0 amide bonds. The molecule has 2 rings (SSSR count). The number of hydrogen-bond acceptors (Lipinski definition) is 3. The van der Waals surface area contributed by atoms with Gasteiger partial charge in [-0.25, -0.2) is 17.2 Å². The third kappa shape index (κ3) is 3.12. The van der Waals surface area contributed by atoms with Crippen molar-refractivity contribution in [3.63, 3.8) is 0 Å². The lowest BCUT2D eigenvalue weighted by atomic mass is 10.2. The molecular formula is C13H12F2N2O2S. The second-order valence-electron chi connectivity index (χ2n) is 4.07. The van der Waals surface area contributed by atoms with E-state index >= 15 is 0 Å². The Labute approximate surface area is 115 Å². The number of halogens is 2. The van der Waals surface area contributed by atoms with Crippen LogP contribution in [0.3, 0.4) is 0 Å². The molecule has 0 aliphatic carbocycles. The van der Waals surface area contributed by atoms with Crippen LogP contribution in [-0.4, -0.2) is 8.42 Å². The van der Waals surface area contributed by atoms with Gasteiger partial charge >= 0.3 is 0 Å². The van der Waals surface area contributed by atoms with Gasteiger partial charge in [-0.3, -0.25) is 4.72 Å². The van der Waals surface area contributed by atoms with Crippen LogP contribution in [0, 0.1) is 11.6 Å². The molecular weight excluding hydrogens is 286 g/mol. The maximum absolute atomic E-state index is 13.3. The lowest BCUT2D eigenvalue weighted by Crippen LogP contribution is -2.14. The largest absolute Gasteiger partial charge is 0.326 e. The Balaban J connectivity index is 2.35. The molecule has 0 radical (unpaired) electrons. The summed E-state index contributed by atoms with van der Waals surface area (Å²) in [5.41, 5.74) is 5.51. The maximum atomic E-state index is 13.3. The zero-order chi connectivity index (χ0) is 14.8. The van der Waals surface area contributed by atoms with E-state index in [1.807, 2.05) is 0 Å². The molecule has 0 bridgehead atoms. The normalized spacial score (nSPS) is 11.3. The number of benzene rings is 2. The van der Waals surface area contributed by atoms with Gasteiger partial charge in [0.25, 0.3) is 10.0 Å².